The Hall–Kier alpha value is -2.51. The summed E-state index contributed by atoms with van der Waals surface area (Å²) in [6, 6.07) is 17.1. The maximum absolute atomic E-state index is 12.2. The molecule has 2 rings (SSSR count). The molecule has 2 aromatic carbocycles. The molecule has 2 aromatic rings. The summed E-state index contributed by atoms with van der Waals surface area (Å²) >= 11 is 5.30. The average molecular weight is 388 g/mol. The minimum absolute atomic E-state index is 0.210. The first-order chi connectivity index (χ1) is 12.8. The molecule has 27 heavy (non-hydrogen) atoms. The van der Waals surface area contributed by atoms with Crippen LogP contribution in [-0.4, -0.2) is 54.1 Å². The molecule has 0 aliphatic heterocycles. The number of rotatable bonds is 7. The topological polar surface area (TPSA) is 58.8 Å². The molecule has 7 heteroatoms. The zero-order valence-electron chi connectivity index (χ0n) is 16.0. The van der Waals surface area contributed by atoms with Crippen LogP contribution in [0.1, 0.15) is 23.3 Å². The van der Waals surface area contributed by atoms with Crippen LogP contribution in [0.5, 0.6) is 0 Å². The van der Waals surface area contributed by atoms with Crippen LogP contribution < -0.4 is 0 Å². The fourth-order valence-corrected chi connectivity index (χ4v) is 3.14. The minimum Gasteiger partial charge on any atom is -0.455 e. The first kappa shape index (κ1) is 20.8. The van der Waals surface area contributed by atoms with Crippen LogP contribution >= 0.6 is 12.2 Å². The molecule has 144 valence electrons. The van der Waals surface area contributed by atoms with E-state index in [0.717, 1.165) is 5.56 Å². The lowest BCUT2D eigenvalue weighted by molar-refractivity contribution is -0.544. The molecule has 0 aliphatic rings. The summed E-state index contributed by atoms with van der Waals surface area (Å²) in [5.74, 6) is 0. The Morgan fingerprint density at radius 1 is 0.963 bits per heavy atom. The third-order valence-electron chi connectivity index (χ3n) is 4.30. The predicted molar refractivity (Wildman–Crippen MR) is 110 cm³/mol. The maximum Gasteiger partial charge on any atom is 0.272 e. The van der Waals surface area contributed by atoms with Gasteiger partial charge in [-0.25, -0.2) is 0 Å². The van der Waals surface area contributed by atoms with Gasteiger partial charge in [0.05, 0.1) is 0 Å². The van der Waals surface area contributed by atoms with Crippen LogP contribution in [0.3, 0.4) is 0 Å². The molecule has 0 spiro atoms. The molecule has 0 aromatic heterocycles. The van der Waals surface area contributed by atoms with Crippen molar-refractivity contribution < 1.29 is 9.66 Å². The molecule has 0 radical (unpaired) electrons. The first-order valence-corrected chi connectivity index (χ1v) is 9.01. The van der Waals surface area contributed by atoms with E-state index in [-0.39, 0.29) is 10.1 Å². The summed E-state index contributed by atoms with van der Waals surface area (Å²) in [5, 5.41) is 12.4. The zero-order chi connectivity index (χ0) is 20.0. The molecule has 3 atom stereocenters. The lowest BCUT2D eigenvalue weighted by Crippen LogP contribution is -2.43. The number of hydrogen-bond donors (Lipinski definition) is 0. The quantitative estimate of drug-likeness (QED) is 0.411. The van der Waals surface area contributed by atoms with Crippen LogP contribution in [0.25, 0.3) is 0 Å². The molecular weight excluding hydrogens is 362 g/mol. The van der Waals surface area contributed by atoms with Gasteiger partial charge in [0.25, 0.3) is 11.2 Å². The predicted octanol–water partition coefficient (Wildman–Crippen LogP) is 3.54. The van der Waals surface area contributed by atoms with Crippen LogP contribution in [0.15, 0.2) is 60.7 Å². The van der Waals surface area contributed by atoms with E-state index in [4.69, 9.17) is 17.0 Å². The molecule has 0 amide bonds. The number of thiocarbonyl (C=S) groups is 1. The van der Waals surface area contributed by atoms with Gasteiger partial charge < -0.3 is 9.64 Å². The lowest BCUT2D eigenvalue weighted by Gasteiger charge is -2.33. The van der Waals surface area contributed by atoms with E-state index in [9.17, 15) is 10.1 Å². The number of ether oxygens (including phenoxy) is 1. The molecule has 0 fully saturated rings. The van der Waals surface area contributed by atoms with E-state index >= 15 is 0 Å². The number of likely N-dealkylation sites (N-methyl/N-ethyl adjacent to an activating group) is 1. The number of nitro groups is 1. The Kier molecular flexibility index (Phi) is 7.27. The Morgan fingerprint density at radius 3 is 1.85 bits per heavy atom. The second kappa shape index (κ2) is 9.43. The van der Waals surface area contributed by atoms with Crippen molar-refractivity contribution in [3.05, 3.63) is 81.9 Å². The summed E-state index contributed by atoms with van der Waals surface area (Å²) in [7, 11) is 7.18. The number of nitrogens with zero attached hydrogens (tertiary/aromatic N) is 3. The fraction of sp³-hybridized carbons (Fsp3) is 0.350. The monoisotopic (exact) mass is 387 g/mol. The van der Waals surface area contributed by atoms with Gasteiger partial charge in [0.2, 0.25) is 0 Å². The third kappa shape index (κ3) is 5.24. The highest BCUT2D eigenvalue weighted by molar-refractivity contribution is 7.80. The van der Waals surface area contributed by atoms with Crippen molar-refractivity contribution in [3.63, 3.8) is 0 Å². The zero-order valence-corrected chi connectivity index (χ0v) is 16.8. The number of hydrogen-bond acceptors (Lipinski definition) is 5. The van der Waals surface area contributed by atoms with E-state index in [1.165, 1.54) is 0 Å². The molecule has 6 nitrogen and oxygen atoms in total. The second-order valence-electron chi connectivity index (χ2n) is 6.70. The Balaban J connectivity index is 2.55. The summed E-state index contributed by atoms with van der Waals surface area (Å²) in [4.78, 5) is 15.4. The van der Waals surface area contributed by atoms with E-state index in [0.29, 0.717) is 5.56 Å². The van der Waals surface area contributed by atoms with Crippen molar-refractivity contribution in [1.82, 2.24) is 9.80 Å². The smallest absolute Gasteiger partial charge is 0.272 e. The summed E-state index contributed by atoms with van der Waals surface area (Å²) < 4.78 is 5.96. The van der Waals surface area contributed by atoms with E-state index in [2.05, 4.69) is 0 Å². The maximum atomic E-state index is 12.2. The van der Waals surface area contributed by atoms with Crippen molar-refractivity contribution in [2.45, 2.75) is 18.2 Å². The highest BCUT2D eigenvalue weighted by atomic mass is 32.1. The van der Waals surface area contributed by atoms with Crippen LogP contribution in [-0.2, 0) is 4.74 Å². The average Bonchev–Trinajstić information content (AvgIpc) is 2.65. The van der Waals surface area contributed by atoms with Crippen molar-refractivity contribution >= 4 is 17.4 Å². The van der Waals surface area contributed by atoms with E-state index < -0.39 is 18.2 Å². The van der Waals surface area contributed by atoms with Crippen molar-refractivity contribution in [1.29, 1.82) is 0 Å². The van der Waals surface area contributed by atoms with Gasteiger partial charge >= 0.3 is 0 Å². The molecular formula is C20H25N3O3S. The molecule has 3 unspecified atom stereocenters. The van der Waals surface area contributed by atoms with Crippen LogP contribution in [0.4, 0.5) is 0 Å². The van der Waals surface area contributed by atoms with Gasteiger partial charge in [0, 0.05) is 19.0 Å². The summed E-state index contributed by atoms with van der Waals surface area (Å²) in [5.41, 5.74) is 1.57. The van der Waals surface area contributed by atoms with Gasteiger partial charge in [-0.3, -0.25) is 15.0 Å². The van der Waals surface area contributed by atoms with Crippen LogP contribution in [0, 0.1) is 10.1 Å². The van der Waals surface area contributed by atoms with Gasteiger partial charge in [-0.05, 0) is 37.4 Å². The first-order valence-electron chi connectivity index (χ1n) is 8.60. The molecule has 0 saturated heterocycles. The highest BCUT2D eigenvalue weighted by Crippen LogP contribution is 2.35. The van der Waals surface area contributed by atoms with Crippen molar-refractivity contribution in [3.8, 4) is 0 Å². The summed E-state index contributed by atoms with van der Waals surface area (Å²) in [6.07, 6.45) is -0.830. The standard InChI is InChI=1S/C20H25N3O3S/c1-21(2)17(15-11-7-5-8-12-15)18(23(24)25)19(26-20(27)22(3)4)16-13-9-6-10-14-16/h5-14,17-19H,1-4H3. The highest BCUT2D eigenvalue weighted by Gasteiger charge is 2.44. The fourth-order valence-electron chi connectivity index (χ4n) is 3.03. The van der Waals surface area contributed by atoms with E-state index in [1.54, 1.807) is 19.0 Å². The molecule has 0 bridgehead atoms. The largest absolute Gasteiger partial charge is 0.455 e. The van der Waals surface area contributed by atoms with Gasteiger partial charge in [0.15, 0.2) is 6.10 Å². The number of benzene rings is 2. The molecule has 0 heterocycles. The van der Waals surface area contributed by atoms with E-state index in [1.807, 2.05) is 79.7 Å². The van der Waals surface area contributed by atoms with Gasteiger partial charge in [0.1, 0.15) is 6.04 Å². The Morgan fingerprint density at radius 2 is 1.44 bits per heavy atom. The Bertz CT molecular complexity index is 754. The minimum atomic E-state index is -1.05. The lowest BCUT2D eigenvalue weighted by atomic mass is 9.91. The van der Waals surface area contributed by atoms with Gasteiger partial charge in [-0.1, -0.05) is 60.7 Å². The summed E-state index contributed by atoms with van der Waals surface area (Å²) in [6.45, 7) is 0. The SMILES string of the molecule is CN(C)C(=S)OC(c1ccccc1)C(C(c1ccccc1)N(C)C)[N+](=O)[O-]. The van der Waals surface area contributed by atoms with Crippen molar-refractivity contribution in [2.24, 2.45) is 0 Å². The molecule has 0 aliphatic carbocycles. The second-order valence-corrected chi connectivity index (χ2v) is 7.05. The van der Waals surface area contributed by atoms with Crippen molar-refractivity contribution in [2.75, 3.05) is 28.2 Å². The van der Waals surface area contributed by atoms with Gasteiger partial charge in [-0.15, -0.1) is 0 Å². The van der Waals surface area contributed by atoms with Gasteiger partial charge in [-0.2, -0.15) is 0 Å². The Labute approximate surface area is 165 Å². The molecule has 0 N–H and O–H groups in total. The molecule has 0 saturated carbocycles. The van der Waals surface area contributed by atoms with Crippen LogP contribution in [0.2, 0.25) is 0 Å². The third-order valence-corrected chi connectivity index (χ3v) is 4.76. The normalized spacial score (nSPS) is 14.3.